The number of carbonyl (C=O) groups excluding carboxylic acids is 2. The number of alkyl halides is 3. The van der Waals surface area contributed by atoms with E-state index in [2.05, 4.69) is 4.98 Å². The Bertz CT molecular complexity index is 799. The number of esters is 1. The Morgan fingerprint density at radius 2 is 2.00 bits per heavy atom. The maximum absolute atomic E-state index is 12.9. The SMILES string of the molecule is CCOC(=O)CCN(C)C(=O)c1c(C)nc2ccc(C(F)(F)F)cn12. The fourth-order valence-electron chi connectivity index (χ4n) is 2.36. The molecule has 0 aliphatic heterocycles. The van der Waals surface area contributed by atoms with Crippen LogP contribution in [0, 0.1) is 6.92 Å². The number of pyridine rings is 1. The van der Waals surface area contributed by atoms with E-state index in [9.17, 15) is 22.8 Å². The molecule has 9 heteroatoms. The third-order valence-electron chi connectivity index (χ3n) is 3.63. The summed E-state index contributed by atoms with van der Waals surface area (Å²) in [6.07, 6.45) is -3.68. The van der Waals surface area contributed by atoms with E-state index in [-0.39, 0.29) is 30.9 Å². The highest BCUT2D eigenvalue weighted by Gasteiger charge is 2.32. The Labute approximate surface area is 142 Å². The van der Waals surface area contributed by atoms with Crippen LogP contribution in [0.25, 0.3) is 5.65 Å². The van der Waals surface area contributed by atoms with E-state index in [1.54, 1.807) is 13.8 Å². The van der Waals surface area contributed by atoms with Crippen molar-refractivity contribution in [1.29, 1.82) is 0 Å². The van der Waals surface area contributed by atoms with Crippen molar-refractivity contribution in [3.8, 4) is 0 Å². The molecule has 0 spiro atoms. The largest absolute Gasteiger partial charge is 0.466 e. The van der Waals surface area contributed by atoms with Crippen LogP contribution in [0.2, 0.25) is 0 Å². The van der Waals surface area contributed by atoms with E-state index in [4.69, 9.17) is 4.74 Å². The molecule has 0 saturated heterocycles. The molecule has 0 fully saturated rings. The van der Waals surface area contributed by atoms with Crippen LogP contribution in [0.5, 0.6) is 0 Å². The fourth-order valence-corrected chi connectivity index (χ4v) is 2.36. The Morgan fingerprint density at radius 1 is 1.32 bits per heavy atom. The molecule has 0 aliphatic rings. The molecule has 2 heterocycles. The maximum Gasteiger partial charge on any atom is 0.417 e. The zero-order chi connectivity index (χ0) is 18.8. The number of nitrogens with zero attached hydrogens (tertiary/aromatic N) is 3. The highest BCUT2D eigenvalue weighted by molar-refractivity contribution is 5.94. The van der Waals surface area contributed by atoms with Crippen LogP contribution < -0.4 is 0 Å². The molecule has 6 nitrogen and oxygen atoms in total. The first-order valence-corrected chi connectivity index (χ1v) is 7.62. The van der Waals surface area contributed by atoms with Gasteiger partial charge in [0, 0.05) is 19.8 Å². The van der Waals surface area contributed by atoms with Gasteiger partial charge in [0.05, 0.1) is 24.3 Å². The van der Waals surface area contributed by atoms with Crippen LogP contribution >= 0.6 is 0 Å². The van der Waals surface area contributed by atoms with E-state index in [1.165, 1.54) is 18.0 Å². The molecule has 0 aromatic carbocycles. The third kappa shape index (κ3) is 4.09. The van der Waals surface area contributed by atoms with Gasteiger partial charge in [0.15, 0.2) is 0 Å². The molecule has 0 saturated carbocycles. The molecule has 2 rings (SSSR count). The zero-order valence-corrected chi connectivity index (χ0v) is 14.1. The first-order chi connectivity index (χ1) is 11.6. The smallest absolute Gasteiger partial charge is 0.417 e. The summed E-state index contributed by atoms with van der Waals surface area (Å²) in [6.45, 7) is 3.55. The van der Waals surface area contributed by atoms with Gasteiger partial charge in [-0.25, -0.2) is 4.98 Å². The average Bonchev–Trinajstić information content (AvgIpc) is 2.86. The van der Waals surface area contributed by atoms with Gasteiger partial charge in [-0.3, -0.25) is 14.0 Å². The number of aromatic nitrogens is 2. The molecule has 25 heavy (non-hydrogen) atoms. The lowest BCUT2D eigenvalue weighted by molar-refractivity contribution is -0.143. The molecule has 0 atom stereocenters. The number of amides is 1. The molecule has 0 bridgehead atoms. The minimum Gasteiger partial charge on any atom is -0.466 e. The third-order valence-corrected chi connectivity index (χ3v) is 3.63. The predicted octanol–water partition coefficient (Wildman–Crippen LogP) is 2.69. The minimum absolute atomic E-state index is 0.000332. The summed E-state index contributed by atoms with van der Waals surface area (Å²) < 4.78 is 44.7. The average molecular weight is 357 g/mol. The summed E-state index contributed by atoms with van der Waals surface area (Å²) in [4.78, 5) is 29.4. The summed E-state index contributed by atoms with van der Waals surface area (Å²) in [5, 5.41) is 0. The van der Waals surface area contributed by atoms with Crippen LogP contribution in [-0.2, 0) is 15.7 Å². The van der Waals surface area contributed by atoms with Gasteiger partial charge in [-0.2, -0.15) is 13.2 Å². The van der Waals surface area contributed by atoms with Crippen molar-refractivity contribution in [1.82, 2.24) is 14.3 Å². The number of ether oxygens (including phenoxy) is 1. The van der Waals surface area contributed by atoms with Crippen molar-refractivity contribution in [3.05, 3.63) is 35.3 Å². The number of hydrogen-bond acceptors (Lipinski definition) is 4. The number of rotatable bonds is 5. The Hall–Kier alpha value is -2.58. The van der Waals surface area contributed by atoms with Crippen molar-refractivity contribution >= 4 is 17.5 Å². The normalized spacial score (nSPS) is 11.6. The van der Waals surface area contributed by atoms with E-state index >= 15 is 0 Å². The quantitative estimate of drug-likeness (QED) is 0.772. The Balaban J connectivity index is 2.30. The van der Waals surface area contributed by atoms with Gasteiger partial charge in [0.2, 0.25) is 0 Å². The van der Waals surface area contributed by atoms with E-state index < -0.39 is 23.6 Å². The predicted molar refractivity (Wildman–Crippen MR) is 83.1 cm³/mol. The summed E-state index contributed by atoms with van der Waals surface area (Å²) in [6, 6.07) is 2.13. The standard InChI is InChI=1S/C16H18F3N3O3/c1-4-25-13(23)7-8-21(3)15(24)14-10(2)20-12-6-5-11(9-22(12)14)16(17,18)19/h5-6,9H,4,7-8H2,1-3H3. The number of imidazole rings is 1. The molecule has 1 amide bonds. The molecule has 2 aromatic heterocycles. The minimum atomic E-state index is -4.53. The van der Waals surface area contributed by atoms with Crippen LogP contribution in [0.3, 0.4) is 0 Å². The second-order valence-electron chi connectivity index (χ2n) is 5.47. The van der Waals surface area contributed by atoms with Gasteiger partial charge in [-0.15, -0.1) is 0 Å². The molecule has 0 aliphatic carbocycles. The van der Waals surface area contributed by atoms with Crippen molar-refractivity contribution in [2.45, 2.75) is 26.4 Å². The second-order valence-corrected chi connectivity index (χ2v) is 5.47. The van der Waals surface area contributed by atoms with Gasteiger partial charge >= 0.3 is 12.1 Å². The molecule has 136 valence electrons. The summed E-state index contributed by atoms with van der Waals surface area (Å²) in [7, 11) is 1.47. The maximum atomic E-state index is 12.9. The molecular weight excluding hydrogens is 339 g/mol. The van der Waals surface area contributed by atoms with Gasteiger partial charge in [0.25, 0.3) is 5.91 Å². The zero-order valence-electron chi connectivity index (χ0n) is 14.1. The summed E-state index contributed by atoms with van der Waals surface area (Å²) in [5.41, 5.74) is -0.284. The first-order valence-electron chi connectivity index (χ1n) is 7.62. The summed E-state index contributed by atoms with van der Waals surface area (Å²) in [5.74, 6) is -0.968. The highest BCUT2D eigenvalue weighted by atomic mass is 19.4. The fraction of sp³-hybridized carbons (Fsp3) is 0.438. The van der Waals surface area contributed by atoms with E-state index in [0.29, 0.717) is 5.69 Å². The lowest BCUT2D eigenvalue weighted by Gasteiger charge is -2.17. The topological polar surface area (TPSA) is 63.9 Å². The molecule has 2 aromatic rings. The lowest BCUT2D eigenvalue weighted by Crippen LogP contribution is -2.31. The Morgan fingerprint density at radius 3 is 2.60 bits per heavy atom. The van der Waals surface area contributed by atoms with Crippen LogP contribution in [-0.4, -0.2) is 46.4 Å². The highest BCUT2D eigenvalue weighted by Crippen LogP contribution is 2.30. The van der Waals surface area contributed by atoms with Crippen molar-refractivity contribution in [3.63, 3.8) is 0 Å². The molecule has 0 N–H and O–H groups in total. The molecule has 0 unspecified atom stereocenters. The number of carbonyl (C=O) groups is 2. The van der Waals surface area contributed by atoms with E-state index in [0.717, 1.165) is 16.7 Å². The second kappa shape index (κ2) is 7.12. The van der Waals surface area contributed by atoms with Gasteiger partial charge in [0.1, 0.15) is 11.3 Å². The summed E-state index contributed by atoms with van der Waals surface area (Å²) >= 11 is 0. The number of aryl methyl sites for hydroxylation is 1. The number of halogens is 3. The Kier molecular flexibility index (Phi) is 5.34. The first kappa shape index (κ1) is 18.8. The van der Waals surface area contributed by atoms with Crippen LogP contribution in [0.4, 0.5) is 13.2 Å². The molecular formula is C16H18F3N3O3. The molecule has 0 radical (unpaired) electrons. The number of hydrogen-bond donors (Lipinski definition) is 0. The van der Waals surface area contributed by atoms with Crippen LogP contribution in [0.1, 0.15) is 35.1 Å². The van der Waals surface area contributed by atoms with Crippen molar-refractivity contribution in [2.24, 2.45) is 0 Å². The van der Waals surface area contributed by atoms with Gasteiger partial charge in [-0.1, -0.05) is 0 Å². The van der Waals surface area contributed by atoms with Crippen molar-refractivity contribution < 1.29 is 27.5 Å². The monoisotopic (exact) mass is 357 g/mol. The van der Waals surface area contributed by atoms with Gasteiger partial charge < -0.3 is 9.64 Å². The number of fused-ring (bicyclic) bond motifs is 1. The van der Waals surface area contributed by atoms with Gasteiger partial charge in [-0.05, 0) is 26.0 Å². The lowest BCUT2D eigenvalue weighted by atomic mass is 10.2. The van der Waals surface area contributed by atoms with Crippen molar-refractivity contribution in [2.75, 3.05) is 20.2 Å². The van der Waals surface area contributed by atoms with Crippen LogP contribution in [0.15, 0.2) is 18.3 Å². The van der Waals surface area contributed by atoms with E-state index in [1.807, 2.05) is 0 Å².